The Morgan fingerprint density at radius 3 is 1.94 bits per heavy atom. The Kier molecular flexibility index (Phi) is 8.17. The summed E-state index contributed by atoms with van der Waals surface area (Å²) in [7, 11) is 0. The van der Waals surface area contributed by atoms with Crippen molar-refractivity contribution in [3.63, 3.8) is 0 Å². The van der Waals surface area contributed by atoms with Crippen molar-refractivity contribution in [2.75, 3.05) is 0 Å². The summed E-state index contributed by atoms with van der Waals surface area (Å²) in [5.74, 6) is 1.02. The van der Waals surface area contributed by atoms with Crippen molar-refractivity contribution >= 4 is 21.9 Å². The minimum Gasteiger partial charge on any atom is -0.507 e. The maximum Gasteiger partial charge on any atom is 0.145 e. The summed E-state index contributed by atoms with van der Waals surface area (Å²) in [6.45, 7) is 19.9. The lowest BCUT2D eigenvalue weighted by Crippen LogP contribution is -2.11. The van der Waals surface area contributed by atoms with Crippen LogP contribution in [0.5, 0.6) is 5.75 Å². The number of imidazole rings is 1. The zero-order valence-corrected chi connectivity index (χ0v) is 30.8. The Balaban J connectivity index is 1.54. The van der Waals surface area contributed by atoms with Crippen molar-refractivity contribution in [1.82, 2.24) is 14.5 Å². The fourth-order valence-corrected chi connectivity index (χ4v) is 7.05. The van der Waals surface area contributed by atoms with Crippen LogP contribution in [0.25, 0.3) is 66.7 Å². The van der Waals surface area contributed by atoms with Crippen LogP contribution in [-0.4, -0.2) is 19.6 Å². The van der Waals surface area contributed by atoms with Gasteiger partial charge in [0.25, 0.3) is 0 Å². The van der Waals surface area contributed by atoms with Gasteiger partial charge in [-0.1, -0.05) is 96.1 Å². The molecule has 0 aliphatic heterocycles. The summed E-state index contributed by atoms with van der Waals surface area (Å²) in [5.41, 5.74) is 13.9. The molecule has 5 aromatic carbocycles. The molecule has 0 fully saturated rings. The van der Waals surface area contributed by atoms with E-state index in [-0.39, 0.29) is 22.6 Å². The molecule has 2 aromatic heterocycles. The first kappa shape index (κ1) is 33.3. The van der Waals surface area contributed by atoms with Gasteiger partial charge in [0.15, 0.2) is 0 Å². The summed E-state index contributed by atoms with van der Waals surface area (Å²) < 4.78 is 2.29. The molecule has 7 aromatic rings. The van der Waals surface area contributed by atoms with Gasteiger partial charge in [0, 0.05) is 28.8 Å². The van der Waals surface area contributed by atoms with Crippen LogP contribution in [0, 0.1) is 6.92 Å². The van der Waals surface area contributed by atoms with E-state index in [9.17, 15) is 5.11 Å². The Bertz CT molecular complexity index is 2380. The maximum absolute atomic E-state index is 11.3. The van der Waals surface area contributed by atoms with E-state index >= 15 is 0 Å². The summed E-state index contributed by atoms with van der Waals surface area (Å²) in [5, 5.41) is 12.4. The lowest BCUT2D eigenvalue weighted by atomic mass is 9.83. The van der Waals surface area contributed by atoms with Crippen molar-refractivity contribution in [3.8, 4) is 50.5 Å². The number of benzene rings is 5. The molecule has 2 heterocycles. The quantitative estimate of drug-likeness (QED) is 0.200. The van der Waals surface area contributed by atoms with E-state index in [1.54, 1.807) is 0 Å². The Labute approximate surface area is 296 Å². The van der Waals surface area contributed by atoms with Crippen LogP contribution < -0.4 is 0 Å². The summed E-state index contributed by atoms with van der Waals surface area (Å²) in [6.07, 6.45) is 1.89. The molecule has 0 atom stereocenters. The number of aromatic nitrogens is 3. The highest BCUT2D eigenvalue weighted by atomic mass is 16.3. The van der Waals surface area contributed by atoms with Gasteiger partial charge in [0.2, 0.25) is 0 Å². The van der Waals surface area contributed by atoms with Crippen molar-refractivity contribution in [3.05, 3.63) is 126 Å². The highest BCUT2D eigenvalue weighted by Crippen LogP contribution is 2.43. The topological polar surface area (TPSA) is 50.9 Å². The van der Waals surface area contributed by atoms with Crippen LogP contribution in [0.1, 0.15) is 78.1 Å². The minimum atomic E-state index is -0.0736. The zero-order chi connectivity index (χ0) is 35.5. The third-order valence-electron chi connectivity index (χ3n) is 9.89. The maximum atomic E-state index is 11.3. The van der Waals surface area contributed by atoms with Gasteiger partial charge in [0.1, 0.15) is 11.6 Å². The molecule has 0 aliphatic carbocycles. The highest BCUT2D eigenvalue weighted by Gasteiger charge is 2.25. The number of rotatable bonds is 5. The molecule has 0 radical (unpaired) electrons. The minimum absolute atomic E-state index is 0.0301. The second-order valence-corrected chi connectivity index (χ2v) is 16.0. The van der Waals surface area contributed by atoms with Crippen molar-refractivity contribution < 1.29 is 5.11 Å². The van der Waals surface area contributed by atoms with Crippen molar-refractivity contribution in [2.24, 2.45) is 0 Å². The van der Waals surface area contributed by atoms with Crippen LogP contribution in [0.3, 0.4) is 0 Å². The van der Waals surface area contributed by atoms with Gasteiger partial charge in [-0.25, -0.2) is 4.98 Å². The first-order valence-corrected chi connectivity index (χ1v) is 17.7. The Morgan fingerprint density at radius 1 is 0.600 bits per heavy atom. The SMILES string of the molecule is Cc1ccc(-c2cc(-c3ccccc3)cc(-c3cc(C(C)(C)C)cc4cccnc34)c2)c2nc(-c3cc(C(C)(C)C)ccc3O)n(C(C)C)c12. The van der Waals surface area contributed by atoms with E-state index in [0.717, 1.165) is 77.8 Å². The predicted octanol–water partition coefficient (Wildman–Crippen LogP) is 12.4. The van der Waals surface area contributed by atoms with Gasteiger partial charge in [-0.2, -0.15) is 0 Å². The predicted molar refractivity (Wildman–Crippen MR) is 211 cm³/mol. The first-order valence-electron chi connectivity index (χ1n) is 17.7. The third kappa shape index (κ3) is 5.98. The molecule has 1 N–H and O–H groups in total. The van der Waals surface area contributed by atoms with E-state index in [2.05, 4.69) is 152 Å². The molecule has 0 spiro atoms. The lowest BCUT2D eigenvalue weighted by molar-refractivity contribution is 0.474. The van der Waals surface area contributed by atoms with Crippen molar-refractivity contribution in [1.29, 1.82) is 0 Å². The first-order chi connectivity index (χ1) is 23.7. The number of nitrogens with zero attached hydrogens (tertiary/aromatic N) is 3. The number of aryl methyl sites for hydroxylation is 1. The fraction of sp³-hybridized carbons (Fsp3) is 0.261. The molecule has 50 heavy (non-hydrogen) atoms. The number of hydrogen-bond donors (Lipinski definition) is 1. The largest absolute Gasteiger partial charge is 0.507 e. The molecule has 4 heteroatoms. The Morgan fingerprint density at radius 2 is 1.26 bits per heavy atom. The van der Waals surface area contributed by atoms with Crippen LogP contribution in [-0.2, 0) is 10.8 Å². The number of phenols is 1. The molecule has 252 valence electrons. The molecule has 4 nitrogen and oxygen atoms in total. The molecule has 0 bridgehead atoms. The van der Waals surface area contributed by atoms with Gasteiger partial charge < -0.3 is 9.67 Å². The normalized spacial score (nSPS) is 12.4. The molecule has 7 rings (SSSR count). The monoisotopic (exact) mass is 657 g/mol. The second kappa shape index (κ2) is 12.3. The molecule has 0 aliphatic rings. The molecule has 0 amide bonds. The Hall–Kier alpha value is -5.22. The van der Waals surface area contributed by atoms with Crippen molar-refractivity contribution in [2.45, 2.75) is 79.2 Å². The van der Waals surface area contributed by atoms with Gasteiger partial charge in [-0.15, -0.1) is 0 Å². The number of phenolic OH excluding ortho intramolecular Hbond substituents is 1. The van der Waals surface area contributed by atoms with Gasteiger partial charge in [-0.05, 0) is 119 Å². The van der Waals surface area contributed by atoms with Gasteiger partial charge in [0.05, 0.1) is 22.1 Å². The standard InChI is InChI=1S/C46H47N3O/c1-28(2)49-43-29(3)17-19-37(42(43)48-44(49)39-26-35(45(4,5)6)18-20-40(39)50)33-22-32(30-14-11-10-12-15-30)23-34(24-33)38-27-36(46(7,8)9)25-31-16-13-21-47-41(31)38/h10-28,50H,1-9H3. The molecule has 0 saturated heterocycles. The summed E-state index contributed by atoms with van der Waals surface area (Å²) in [4.78, 5) is 10.3. The average Bonchev–Trinajstić information content (AvgIpc) is 3.49. The summed E-state index contributed by atoms with van der Waals surface area (Å²) >= 11 is 0. The number of pyridine rings is 1. The number of fused-ring (bicyclic) bond motifs is 2. The molecule has 0 unspecified atom stereocenters. The highest BCUT2D eigenvalue weighted by molar-refractivity contribution is 6.00. The van der Waals surface area contributed by atoms with Gasteiger partial charge in [-0.3, -0.25) is 4.98 Å². The fourth-order valence-electron chi connectivity index (χ4n) is 7.05. The van der Waals surface area contributed by atoms with E-state index in [4.69, 9.17) is 9.97 Å². The van der Waals surface area contributed by atoms with Crippen LogP contribution >= 0.6 is 0 Å². The van der Waals surface area contributed by atoms with E-state index < -0.39 is 0 Å². The summed E-state index contributed by atoms with van der Waals surface area (Å²) in [6, 6.07) is 36.7. The average molecular weight is 658 g/mol. The van der Waals surface area contributed by atoms with E-state index in [1.807, 2.05) is 24.4 Å². The number of hydrogen-bond acceptors (Lipinski definition) is 3. The van der Waals surface area contributed by atoms with Crippen LogP contribution in [0.4, 0.5) is 0 Å². The molecular formula is C46H47N3O. The van der Waals surface area contributed by atoms with Crippen LogP contribution in [0.15, 0.2) is 109 Å². The molecular weight excluding hydrogens is 611 g/mol. The smallest absolute Gasteiger partial charge is 0.145 e. The van der Waals surface area contributed by atoms with E-state index in [1.165, 1.54) is 5.56 Å². The molecule has 0 saturated carbocycles. The third-order valence-corrected chi connectivity index (χ3v) is 9.89. The zero-order valence-electron chi connectivity index (χ0n) is 30.8. The van der Waals surface area contributed by atoms with E-state index in [0.29, 0.717) is 0 Å². The van der Waals surface area contributed by atoms with Crippen LogP contribution in [0.2, 0.25) is 0 Å². The lowest BCUT2D eigenvalue weighted by Gasteiger charge is -2.22. The van der Waals surface area contributed by atoms with Gasteiger partial charge >= 0.3 is 0 Å². The second-order valence-electron chi connectivity index (χ2n) is 16.0. The number of aromatic hydroxyl groups is 1.